The highest BCUT2D eigenvalue weighted by molar-refractivity contribution is 7.95. The maximum absolute atomic E-state index is 13.3. The Morgan fingerprint density at radius 1 is 1.00 bits per heavy atom. The Morgan fingerprint density at radius 3 is 2.48 bits per heavy atom. The molecule has 1 aliphatic carbocycles. The van der Waals surface area contributed by atoms with Gasteiger partial charge in [0.25, 0.3) is 0 Å². The first kappa shape index (κ1) is 17.9. The lowest BCUT2D eigenvalue weighted by atomic mass is 9.91. The summed E-state index contributed by atoms with van der Waals surface area (Å²) in [5.41, 5.74) is 0.969. The molecule has 5 rings (SSSR count). The summed E-state index contributed by atoms with van der Waals surface area (Å²) in [6, 6.07) is 20.0. The Kier molecular flexibility index (Phi) is 3.99. The van der Waals surface area contributed by atoms with Gasteiger partial charge in [-0.1, -0.05) is 48.5 Å². The monoisotopic (exact) mass is 406 g/mol. The summed E-state index contributed by atoms with van der Waals surface area (Å²) in [5, 5.41) is 2.09. The smallest absolute Gasteiger partial charge is 0.307 e. The van der Waals surface area contributed by atoms with Gasteiger partial charge in [0.15, 0.2) is 11.9 Å². The SMILES string of the molecule is CC(=O)OC1=C(S(=O)(=O)c2ccccc2)C[C@@H]2c3c(ccc4ccccc34)O[C@H]12. The lowest BCUT2D eigenvalue weighted by Crippen LogP contribution is -2.20. The van der Waals surface area contributed by atoms with Crippen molar-refractivity contribution in [3.63, 3.8) is 0 Å². The molecule has 3 aromatic rings. The van der Waals surface area contributed by atoms with E-state index >= 15 is 0 Å². The number of rotatable bonds is 3. The maximum atomic E-state index is 13.3. The van der Waals surface area contributed by atoms with Crippen molar-refractivity contribution in [2.24, 2.45) is 0 Å². The predicted octanol–water partition coefficient (Wildman–Crippen LogP) is 4.34. The zero-order chi connectivity index (χ0) is 20.2. The minimum absolute atomic E-state index is 0.103. The van der Waals surface area contributed by atoms with Gasteiger partial charge in [-0.3, -0.25) is 4.79 Å². The second kappa shape index (κ2) is 6.46. The average molecular weight is 406 g/mol. The van der Waals surface area contributed by atoms with Crippen LogP contribution in [0.5, 0.6) is 5.75 Å². The van der Waals surface area contributed by atoms with Crippen molar-refractivity contribution >= 4 is 26.6 Å². The van der Waals surface area contributed by atoms with Crippen LogP contribution >= 0.6 is 0 Å². The lowest BCUT2D eigenvalue weighted by molar-refractivity contribution is -0.138. The van der Waals surface area contributed by atoms with Crippen LogP contribution in [-0.4, -0.2) is 20.5 Å². The second-order valence-electron chi connectivity index (χ2n) is 7.25. The van der Waals surface area contributed by atoms with Crippen molar-refractivity contribution in [3.8, 4) is 5.75 Å². The highest BCUT2D eigenvalue weighted by atomic mass is 32.2. The van der Waals surface area contributed by atoms with Gasteiger partial charge >= 0.3 is 5.97 Å². The van der Waals surface area contributed by atoms with E-state index in [-0.39, 0.29) is 27.9 Å². The van der Waals surface area contributed by atoms with E-state index in [9.17, 15) is 13.2 Å². The summed E-state index contributed by atoms with van der Waals surface area (Å²) in [6.07, 6.45) is -0.404. The molecule has 0 N–H and O–H groups in total. The van der Waals surface area contributed by atoms with E-state index in [1.165, 1.54) is 6.92 Å². The molecule has 29 heavy (non-hydrogen) atoms. The first-order valence-electron chi connectivity index (χ1n) is 9.36. The zero-order valence-corrected chi connectivity index (χ0v) is 16.5. The number of fused-ring (bicyclic) bond motifs is 5. The number of sulfone groups is 1. The van der Waals surface area contributed by atoms with E-state index in [4.69, 9.17) is 9.47 Å². The van der Waals surface area contributed by atoms with Crippen molar-refractivity contribution < 1.29 is 22.7 Å². The molecular formula is C23H18O5S. The van der Waals surface area contributed by atoms with Crippen molar-refractivity contribution in [3.05, 3.63) is 83.0 Å². The minimum atomic E-state index is -3.81. The molecule has 0 unspecified atom stereocenters. The van der Waals surface area contributed by atoms with Crippen LogP contribution in [-0.2, 0) is 19.4 Å². The van der Waals surface area contributed by atoms with Crippen molar-refractivity contribution in [1.29, 1.82) is 0 Å². The molecule has 0 amide bonds. The Balaban J connectivity index is 1.66. The molecule has 6 heteroatoms. The summed E-state index contributed by atoms with van der Waals surface area (Å²) in [6.45, 7) is 1.27. The van der Waals surface area contributed by atoms with Crippen molar-refractivity contribution in [2.45, 2.75) is 30.3 Å². The number of carbonyl (C=O) groups is 1. The third-order valence-corrected chi connectivity index (χ3v) is 7.40. The highest BCUT2D eigenvalue weighted by Crippen LogP contribution is 2.53. The summed E-state index contributed by atoms with van der Waals surface area (Å²) >= 11 is 0. The molecule has 1 heterocycles. The number of ether oxygens (including phenoxy) is 2. The van der Waals surface area contributed by atoms with Gasteiger partial charge in [0.05, 0.1) is 9.80 Å². The Morgan fingerprint density at radius 2 is 1.72 bits per heavy atom. The minimum Gasteiger partial charge on any atom is -0.481 e. The molecule has 0 aromatic heterocycles. The molecule has 1 aliphatic heterocycles. The van der Waals surface area contributed by atoms with Crippen LogP contribution in [0.2, 0.25) is 0 Å². The molecular weight excluding hydrogens is 388 g/mol. The summed E-state index contributed by atoms with van der Waals surface area (Å²) in [4.78, 5) is 12.1. The van der Waals surface area contributed by atoms with Gasteiger partial charge < -0.3 is 9.47 Å². The maximum Gasteiger partial charge on any atom is 0.307 e. The second-order valence-corrected chi connectivity index (χ2v) is 9.22. The molecule has 0 bridgehead atoms. The van der Waals surface area contributed by atoms with E-state index in [1.807, 2.05) is 36.4 Å². The van der Waals surface area contributed by atoms with Crippen LogP contribution in [0.3, 0.4) is 0 Å². The van der Waals surface area contributed by atoms with Crippen molar-refractivity contribution in [1.82, 2.24) is 0 Å². The molecule has 0 radical (unpaired) electrons. The summed E-state index contributed by atoms with van der Waals surface area (Å²) < 4.78 is 38.2. The van der Waals surface area contributed by atoms with E-state index in [0.29, 0.717) is 5.75 Å². The van der Waals surface area contributed by atoms with Gasteiger partial charge in [-0.05, 0) is 35.4 Å². The van der Waals surface area contributed by atoms with Crippen LogP contribution in [0.15, 0.2) is 82.3 Å². The Bertz CT molecular complexity index is 1280. The van der Waals surface area contributed by atoms with E-state index in [2.05, 4.69) is 0 Å². The largest absolute Gasteiger partial charge is 0.481 e. The molecule has 2 atom stereocenters. The summed E-state index contributed by atoms with van der Waals surface area (Å²) in [7, 11) is -3.81. The topological polar surface area (TPSA) is 69.7 Å². The number of hydrogen-bond acceptors (Lipinski definition) is 5. The number of carbonyl (C=O) groups excluding carboxylic acids is 1. The van der Waals surface area contributed by atoms with Gasteiger partial charge in [-0.2, -0.15) is 0 Å². The van der Waals surface area contributed by atoms with Gasteiger partial charge in [-0.15, -0.1) is 0 Å². The average Bonchev–Trinajstić information content (AvgIpc) is 3.25. The molecule has 146 valence electrons. The molecule has 2 aliphatic rings. The third-order valence-electron chi connectivity index (χ3n) is 5.49. The van der Waals surface area contributed by atoms with E-state index in [0.717, 1.165) is 16.3 Å². The first-order valence-corrected chi connectivity index (χ1v) is 10.8. The van der Waals surface area contributed by atoms with Crippen LogP contribution < -0.4 is 4.74 Å². The molecule has 0 fully saturated rings. The first-order chi connectivity index (χ1) is 14.0. The summed E-state index contributed by atoms with van der Waals surface area (Å²) in [5.74, 6) is 0.0240. The van der Waals surface area contributed by atoms with Crippen LogP contribution in [0.1, 0.15) is 24.8 Å². The lowest BCUT2D eigenvalue weighted by Gasteiger charge is -2.14. The number of hydrogen-bond donors (Lipinski definition) is 0. The van der Waals surface area contributed by atoms with Crippen molar-refractivity contribution in [2.75, 3.05) is 0 Å². The number of allylic oxidation sites excluding steroid dienone is 1. The third kappa shape index (κ3) is 2.75. The fraction of sp³-hybridized carbons (Fsp3) is 0.174. The standard InChI is InChI=1S/C23H18O5S/c1-14(24)27-23-20(29(25,26)16-8-3-2-4-9-16)13-18-21-17-10-6-5-7-15(17)11-12-19(21)28-22(18)23/h2-12,18,22H,13H2,1H3/t18-,22+/m1/s1. The molecule has 0 saturated carbocycles. The normalized spacial score (nSPS) is 20.3. The zero-order valence-electron chi connectivity index (χ0n) is 15.7. The van der Waals surface area contributed by atoms with Crippen LogP contribution in [0.25, 0.3) is 10.8 Å². The predicted molar refractivity (Wildman–Crippen MR) is 108 cm³/mol. The quantitative estimate of drug-likeness (QED) is 0.606. The number of benzene rings is 3. The van der Waals surface area contributed by atoms with Gasteiger partial charge in [0.1, 0.15) is 5.75 Å². The Labute approximate surface area is 168 Å². The fourth-order valence-corrected chi connectivity index (χ4v) is 5.91. The van der Waals surface area contributed by atoms with Crippen LogP contribution in [0.4, 0.5) is 0 Å². The Hall–Kier alpha value is -3.12. The molecule has 3 aromatic carbocycles. The highest BCUT2D eigenvalue weighted by Gasteiger charge is 2.49. The molecule has 0 spiro atoms. The fourth-order valence-electron chi connectivity index (χ4n) is 4.29. The molecule has 5 nitrogen and oxygen atoms in total. The molecule has 0 saturated heterocycles. The van der Waals surface area contributed by atoms with E-state index in [1.54, 1.807) is 30.3 Å². The van der Waals surface area contributed by atoms with Gasteiger partial charge in [0.2, 0.25) is 9.84 Å². The number of esters is 1. The van der Waals surface area contributed by atoms with Gasteiger partial charge in [0, 0.05) is 18.4 Å². The van der Waals surface area contributed by atoms with Gasteiger partial charge in [-0.25, -0.2) is 8.42 Å². The van der Waals surface area contributed by atoms with E-state index < -0.39 is 21.9 Å². The van der Waals surface area contributed by atoms with Crippen LogP contribution in [0, 0.1) is 0 Å².